The molecule has 0 radical (unpaired) electrons. The zero-order chi connectivity index (χ0) is 17.4. The van der Waals surface area contributed by atoms with Crippen molar-refractivity contribution in [3.63, 3.8) is 0 Å². The Morgan fingerprint density at radius 3 is 2.26 bits per heavy atom. The smallest absolute Gasteiger partial charge is 0.374 e. The van der Waals surface area contributed by atoms with Crippen molar-refractivity contribution in [2.75, 3.05) is 14.2 Å². The number of benzene rings is 1. The third-order valence-corrected chi connectivity index (χ3v) is 2.98. The minimum absolute atomic E-state index is 0.0591. The first-order valence-corrected chi connectivity index (χ1v) is 6.83. The van der Waals surface area contributed by atoms with Crippen molar-refractivity contribution in [3.8, 4) is 11.5 Å². The quantitative estimate of drug-likeness (QED) is 0.864. The normalized spacial score (nSPS) is 11.3. The summed E-state index contributed by atoms with van der Waals surface area (Å²) in [5.41, 5.74) is -0.644. The molecule has 0 atom stereocenters. The molecule has 0 aliphatic carbocycles. The van der Waals surface area contributed by atoms with E-state index in [9.17, 15) is 14.7 Å². The molecule has 1 heterocycles. The monoisotopic (exact) mass is 322 g/mol. The molecule has 7 nitrogen and oxygen atoms in total. The van der Waals surface area contributed by atoms with Gasteiger partial charge in [-0.05, 0) is 26.8 Å². The molecule has 0 bridgehead atoms. The van der Waals surface area contributed by atoms with Gasteiger partial charge in [0.25, 0.3) is 0 Å². The van der Waals surface area contributed by atoms with Crippen LogP contribution in [0.4, 0.5) is 0 Å². The first-order chi connectivity index (χ1) is 10.7. The van der Waals surface area contributed by atoms with E-state index in [1.165, 1.54) is 26.4 Å². The molecule has 0 spiro atoms. The highest BCUT2D eigenvalue weighted by molar-refractivity contribution is 6.07. The number of hydrogen-bond donors (Lipinski definition) is 1. The summed E-state index contributed by atoms with van der Waals surface area (Å²) < 4.78 is 21.1. The number of aromatic carboxylic acids is 1. The van der Waals surface area contributed by atoms with Crippen LogP contribution in [0.5, 0.6) is 11.5 Å². The lowest BCUT2D eigenvalue weighted by Crippen LogP contribution is -2.23. The average Bonchev–Trinajstić information content (AvgIpc) is 2.88. The average molecular weight is 322 g/mol. The van der Waals surface area contributed by atoms with Crippen molar-refractivity contribution in [2.45, 2.75) is 26.4 Å². The van der Waals surface area contributed by atoms with Crippen molar-refractivity contribution in [3.05, 3.63) is 23.5 Å². The fourth-order valence-corrected chi connectivity index (χ4v) is 2.10. The van der Waals surface area contributed by atoms with Crippen LogP contribution in [0.3, 0.4) is 0 Å². The van der Waals surface area contributed by atoms with E-state index in [-0.39, 0.29) is 33.8 Å². The fraction of sp³-hybridized carbons (Fsp3) is 0.375. The predicted molar refractivity (Wildman–Crippen MR) is 81.4 cm³/mol. The maximum atomic E-state index is 12.1. The SMILES string of the molecule is COc1cc(C(=O)O)c2cc(C(=O)OC(C)(C)C)oc2c1OC. The van der Waals surface area contributed by atoms with Gasteiger partial charge in [-0.25, -0.2) is 9.59 Å². The van der Waals surface area contributed by atoms with Crippen LogP contribution in [0.15, 0.2) is 16.5 Å². The molecule has 0 saturated heterocycles. The zero-order valence-corrected chi connectivity index (χ0v) is 13.6. The maximum Gasteiger partial charge on any atom is 0.374 e. The summed E-state index contributed by atoms with van der Waals surface area (Å²) in [4.78, 5) is 23.6. The Bertz CT molecular complexity index is 765. The van der Waals surface area contributed by atoms with Gasteiger partial charge in [0.2, 0.25) is 11.5 Å². The Morgan fingerprint density at radius 1 is 1.13 bits per heavy atom. The molecule has 1 aromatic carbocycles. The topological polar surface area (TPSA) is 95.2 Å². The number of esters is 1. The van der Waals surface area contributed by atoms with Gasteiger partial charge < -0.3 is 23.7 Å². The van der Waals surface area contributed by atoms with E-state index in [0.29, 0.717) is 0 Å². The Kier molecular flexibility index (Phi) is 4.22. The lowest BCUT2D eigenvalue weighted by atomic mass is 10.1. The van der Waals surface area contributed by atoms with Gasteiger partial charge in [-0.1, -0.05) is 0 Å². The number of hydrogen-bond acceptors (Lipinski definition) is 6. The molecule has 1 N–H and O–H groups in total. The summed E-state index contributed by atoms with van der Waals surface area (Å²) in [6.45, 7) is 5.17. The Balaban J connectivity index is 2.67. The van der Waals surface area contributed by atoms with Crippen LogP contribution in [-0.4, -0.2) is 36.9 Å². The first-order valence-electron chi connectivity index (χ1n) is 6.83. The molecule has 0 saturated carbocycles. The summed E-state index contributed by atoms with van der Waals surface area (Å²) in [6.07, 6.45) is 0. The Hall–Kier alpha value is -2.70. The van der Waals surface area contributed by atoms with Crippen LogP contribution in [-0.2, 0) is 4.74 Å². The molecule has 7 heteroatoms. The molecule has 0 fully saturated rings. The number of fused-ring (bicyclic) bond motifs is 1. The van der Waals surface area contributed by atoms with Gasteiger partial charge in [0.05, 0.1) is 19.8 Å². The Morgan fingerprint density at radius 2 is 1.78 bits per heavy atom. The van der Waals surface area contributed by atoms with Gasteiger partial charge in [0, 0.05) is 11.5 Å². The summed E-state index contributed by atoms with van der Waals surface area (Å²) in [7, 11) is 2.78. The number of rotatable bonds is 4. The van der Waals surface area contributed by atoms with E-state index >= 15 is 0 Å². The van der Waals surface area contributed by atoms with E-state index in [1.807, 2.05) is 0 Å². The molecule has 0 amide bonds. The number of methoxy groups -OCH3 is 2. The number of furan rings is 1. The van der Waals surface area contributed by atoms with E-state index in [0.717, 1.165) is 0 Å². The predicted octanol–water partition coefficient (Wildman–Crippen LogP) is 3.10. The van der Waals surface area contributed by atoms with Gasteiger partial charge in [0.15, 0.2) is 11.3 Å². The van der Waals surface area contributed by atoms with Gasteiger partial charge in [-0.2, -0.15) is 0 Å². The van der Waals surface area contributed by atoms with Crippen molar-refractivity contribution in [1.82, 2.24) is 0 Å². The van der Waals surface area contributed by atoms with Crippen molar-refractivity contribution in [1.29, 1.82) is 0 Å². The third kappa shape index (κ3) is 3.23. The van der Waals surface area contributed by atoms with E-state index in [1.54, 1.807) is 20.8 Å². The number of carbonyl (C=O) groups is 2. The number of carboxylic acid groups (broad SMARTS) is 1. The maximum absolute atomic E-state index is 12.1. The van der Waals surface area contributed by atoms with E-state index in [2.05, 4.69) is 0 Å². The summed E-state index contributed by atoms with van der Waals surface area (Å²) in [6, 6.07) is 2.65. The zero-order valence-electron chi connectivity index (χ0n) is 13.6. The molecular formula is C16H18O7. The summed E-state index contributed by atoms with van der Waals surface area (Å²) >= 11 is 0. The second-order valence-corrected chi connectivity index (χ2v) is 5.82. The highest BCUT2D eigenvalue weighted by Gasteiger charge is 2.26. The van der Waals surface area contributed by atoms with Gasteiger partial charge in [-0.15, -0.1) is 0 Å². The molecule has 124 valence electrons. The summed E-state index contributed by atoms with van der Waals surface area (Å²) in [5.74, 6) is -1.56. The second kappa shape index (κ2) is 5.83. The molecule has 23 heavy (non-hydrogen) atoms. The van der Waals surface area contributed by atoms with Gasteiger partial charge >= 0.3 is 11.9 Å². The van der Waals surface area contributed by atoms with Crippen LogP contribution in [0.1, 0.15) is 41.7 Å². The molecule has 0 unspecified atom stereocenters. The molecular weight excluding hydrogens is 304 g/mol. The number of carbonyl (C=O) groups excluding carboxylic acids is 1. The number of carboxylic acids is 1. The highest BCUT2D eigenvalue weighted by atomic mass is 16.6. The van der Waals surface area contributed by atoms with Crippen LogP contribution in [0, 0.1) is 0 Å². The second-order valence-electron chi connectivity index (χ2n) is 5.82. The molecule has 1 aromatic heterocycles. The Labute approximate surface area is 132 Å². The van der Waals surface area contributed by atoms with Crippen LogP contribution < -0.4 is 9.47 Å². The van der Waals surface area contributed by atoms with E-state index in [4.69, 9.17) is 18.6 Å². The van der Waals surface area contributed by atoms with Crippen LogP contribution in [0.25, 0.3) is 11.0 Å². The highest BCUT2D eigenvalue weighted by Crippen LogP contribution is 2.39. The molecule has 2 rings (SSSR count). The molecule has 0 aliphatic heterocycles. The molecule has 2 aromatic rings. The summed E-state index contributed by atoms with van der Waals surface area (Å²) in [5, 5.41) is 9.58. The first kappa shape index (κ1) is 16.7. The number of ether oxygens (including phenoxy) is 3. The van der Waals surface area contributed by atoms with E-state index < -0.39 is 17.5 Å². The van der Waals surface area contributed by atoms with Crippen molar-refractivity contribution in [2.24, 2.45) is 0 Å². The standard InChI is InChI=1S/C16H18O7/c1-16(2,3)23-15(19)11-6-8-9(14(17)18)7-10(20-4)13(21-5)12(8)22-11/h6-7H,1-5H3,(H,17,18). The van der Waals surface area contributed by atoms with Crippen molar-refractivity contribution < 1.29 is 33.3 Å². The third-order valence-electron chi connectivity index (χ3n) is 2.98. The molecule has 0 aliphatic rings. The fourth-order valence-electron chi connectivity index (χ4n) is 2.10. The van der Waals surface area contributed by atoms with Crippen LogP contribution in [0.2, 0.25) is 0 Å². The lowest BCUT2D eigenvalue weighted by molar-refractivity contribution is 0.00379. The minimum atomic E-state index is -1.17. The van der Waals surface area contributed by atoms with Crippen molar-refractivity contribution >= 4 is 22.9 Å². The van der Waals surface area contributed by atoms with Crippen LogP contribution >= 0.6 is 0 Å². The lowest BCUT2D eigenvalue weighted by Gasteiger charge is -2.18. The minimum Gasteiger partial charge on any atom is -0.493 e. The van der Waals surface area contributed by atoms with Gasteiger partial charge in [-0.3, -0.25) is 0 Å². The van der Waals surface area contributed by atoms with Gasteiger partial charge in [0.1, 0.15) is 5.60 Å². The largest absolute Gasteiger partial charge is 0.493 e.